The van der Waals surface area contributed by atoms with Crippen LogP contribution >= 0.6 is 0 Å². The Bertz CT molecular complexity index is 769. The lowest BCUT2D eigenvalue weighted by Gasteiger charge is -2.02. The van der Waals surface area contributed by atoms with Gasteiger partial charge in [0.1, 0.15) is 5.75 Å². The minimum atomic E-state index is 0.0164. The molecule has 1 N–H and O–H groups in total. The number of methoxy groups -OCH3 is 1. The first kappa shape index (κ1) is 12.5. The van der Waals surface area contributed by atoms with Gasteiger partial charge in [0.15, 0.2) is 5.78 Å². The summed E-state index contributed by atoms with van der Waals surface area (Å²) in [6.45, 7) is 2.03. The van der Waals surface area contributed by atoms with Gasteiger partial charge in [-0.05, 0) is 42.8 Å². The summed E-state index contributed by atoms with van der Waals surface area (Å²) in [5.74, 6) is 0.763. The number of rotatable bonds is 3. The second-order valence-corrected chi connectivity index (χ2v) is 4.81. The Balaban J connectivity index is 2.03. The van der Waals surface area contributed by atoms with Crippen LogP contribution in [0.1, 0.15) is 21.5 Å². The Hall–Kier alpha value is -2.55. The number of nitrogens with one attached hydrogen (secondary N) is 1. The zero-order valence-corrected chi connectivity index (χ0v) is 11.4. The lowest BCUT2D eigenvalue weighted by atomic mass is 10.0. The molecule has 0 spiro atoms. The van der Waals surface area contributed by atoms with E-state index in [0.717, 1.165) is 16.7 Å². The fourth-order valence-electron chi connectivity index (χ4n) is 2.33. The molecule has 0 bridgehead atoms. The Kier molecular flexibility index (Phi) is 3.03. The summed E-state index contributed by atoms with van der Waals surface area (Å²) in [4.78, 5) is 15.7. The minimum absolute atomic E-state index is 0.0164. The normalized spacial score (nSPS) is 10.7. The van der Waals surface area contributed by atoms with Gasteiger partial charge >= 0.3 is 0 Å². The molecular weight excluding hydrogens is 250 g/mol. The van der Waals surface area contributed by atoms with Crippen molar-refractivity contribution in [3.05, 3.63) is 65.4 Å². The summed E-state index contributed by atoms with van der Waals surface area (Å²) >= 11 is 0. The number of H-pyrrole nitrogens is 1. The number of aromatic nitrogens is 1. The van der Waals surface area contributed by atoms with Gasteiger partial charge in [-0.2, -0.15) is 0 Å². The van der Waals surface area contributed by atoms with E-state index in [1.54, 1.807) is 37.6 Å². The van der Waals surface area contributed by atoms with Crippen LogP contribution in [-0.4, -0.2) is 17.9 Å². The molecule has 0 amide bonds. The molecule has 0 atom stereocenters. The van der Waals surface area contributed by atoms with Gasteiger partial charge < -0.3 is 9.72 Å². The summed E-state index contributed by atoms with van der Waals surface area (Å²) < 4.78 is 5.11. The molecule has 100 valence electrons. The van der Waals surface area contributed by atoms with Crippen molar-refractivity contribution in [1.29, 1.82) is 0 Å². The van der Waals surface area contributed by atoms with Crippen LogP contribution in [0.2, 0.25) is 0 Å². The first-order valence-corrected chi connectivity index (χ1v) is 6.45. The summed E-state index contributed by atoms with van der Waals surface area (Å²) in [6.07, 6.45) is 1.77. The average Bonchev–Trinajstić information content (AvgIpc) is 2.89. The van der Waals surface area contributed by atoms with E-state index in [1.807, 2.05) is 25.1 Å². The average molecular weight is 265 g/mol. The van der Waals surface area contributed by atoms with Crippen molar-refractivity contribution in [3.8, 4) is 5.75 Å². The molecule has 0 saturated carbocycles. The van der Waals surface area contributed by atoms with Crippen molar-refractivity contribution in [2.45, 2.75) is 6.92 Å². The second-order valence-electron chi connectivity index (χ2n) is 4.81. The third kappa shape index (κ3) is 2.07. The van der Waals surface area contributed by atoms with E-state index in [4.69, 9.17) is 4.74 Å². The first-order chi connectivity index (χ1) is 9.69. The van der Waals surface area contributed by atoms with Crippen LogP contribution in [0, 0.1) is 6.92 Å². The van der Waals surface area contributed by atoms with Gasteiger partial charge in [-0.3, -0.25) is 4.79 Å². The number of fused-ring (bicyclic) bond motifs is 1. The number of ether oxygens (including phenoxy) is 1. The van der Waals surface area contributed by atoms with Gasteiger partial charge in [0.2, 0.25) is 0 Å². The predicted octanol–water partition coefficient (Wildman–Crippen LogP) is 3.72. The maximum atomic E-state index is 12.5. The van der Waals surface area contributed by atoms with Gasteiger partial charge in [0.05, 0.1) is 7.11 Å². The highest BCUT2D eigenvalue weighted by atomic mass is 16.5. The SMILES string of the molecule is COc1ccc(C(=O)c2c[nH]c3cc(C)ccc23)cc1. The van der Waals surface area contributed by atoms with E-state index in [9.17, 15) is 4.79 Å². The van der Waals surface area contributed by atoms with Gasteiger partial charge in [-0.25, -0.2) is 0 Å². The van der Waals surface area contributed by atoms with Crippen molar-refractivity contribution >= 4 is 16.7 Å². The minimum Gasteiger partial charge on any atom is -0.497 e. The summed E-state index contributed by atoms with van der Waals surface area (Å²) in [5, 5.41) is 0.955. The monoisotopic (exact) mass is 265 g/mol. The highest BCUT2D eigenvalue weighted by Crippen LogP contribution is 2.23. The number of carbonyl (C=O) groups excluding carboxylic acids is 1. The predicted molar refractivity (Wildman–Crippen MR) is 79.5 cm³/mol. The van der Waals surface area contributed by atoms with Gasteiger partial charge in [-0.15, -0.1) is 0 Å². The van der Waals surface area contributed by atoms with E-state index in [1.165, 1.54) is 5.56 Å². The summed E-state index contributed by atoms with van der Waals surface area (Å²) in [7, 11) is 1.61. The van der Waals surface area contributed by atoms with Gasteiger partial charge in [0, 0.05) is 28.2 Å². The van der Waals surface area contributed by atoms with Crippen LogP contribution < -0.4 is 4.74 Å². The maximum absolute atomic E-state index is 12.5. The highest BCUT2D eigenvalue weighted by Gasteiger charge is 2.14. The molecule has 3 heteroatoms. The van der Waals surface area contributed by atoms with E-state index in [2.05, 4.69) is 4.98 Å². The Labute approximate surface area is 117 Å². The molecule has 0 aliphatic heterocycles. The van der Waals surface area contributed by atoms with E-state index in [0.29, 0.717) is 11.1 Å². The number of hydrogen-bond donors (Lipinski definition) is 1. The van der Waals surface area contributed by atoms with E-state index < -0.39 is 0 Å². The Morgan fingerprint density at radius 1 is 1.10 bits per heavy atom. The van der Waals surface area contributed by atoms with E-state index in [-0.39, 0.29) is 5.78 Å². The number of aryl methyl sites for hydroxylation is 1. The molecule has 0 aliphatic rings. The van der Waals surface area contributed by atoms with Crippen molar-refractivity contribution in [2.24, 2.45) is 0 Å². The quantitative estimate of drug-likeness (QED) is 0.733. The lowest BCUT2D eigenvalue weighted by Crippen LogP contribution is -2.00. The fourth-order valence-corrected chi connectivity index (χ4v) is 2.33. The first-order valence-electron chi connectivity index (χ1n) is 6.45. The molecule has 3 nitrogen and oxygen atoms in total. The molecule has 0 radical (unpaired) electrons. The van der Waals surface area contributed by atoms with Crippen LogP contribution in [0.25, 0.3) is 10.9 Å². The number of aromatic amines is 1. The molecule has 1 aromatic heterocycles. The number of carbonyl (C=O) groups is 1. The Morgan fingerprint density at radius 2 is 1.85 bits per heavy atom. The van der Waals surface area contributed by atoms with Crippen molar-refractivity contribution in [3.63, 3.8) is 0 Å². The highest BCUT2D eigenvalue weighted by molar-refractivity contribution is 6.16. The molecule has 0 aliphatic carbocycles. The largest absolute Gasteiger partial charge is 0.497 e. The molecule has 3 aromatic rings. The second kappa shape index (κ2) is 4.85. The maximum Gasteiger partial charge on any atom is 0.195 e. The van der Waals surface area contributed by atoms with E-state index >= 15 is 0 Å². The number of hydrogen-bond acceptors (Lipinski definition) is 2. The van der Waals surface area contributed by atoms with Crippen LogP contribution in [-0.2, 0) is 0 Å². The fraction of sp³-hybridized carbons (Fsp3) is 0.118. The zero-order valence-electron chi connectivity index (χ0n) is 11.4. The molecular formula is C17H15NO2. The molecule has 20 heavy (non-hydrogen) atoms. The van der Waals surface area contributed by atoms with Crippen LogP contribution in [0.5, 0.6) is 5.75 Å². The number of benzene rings is 2. The molecule has 2 aromatic carbocycles. The lowest BCUT2D eigenvalue weighted by molar-refractivity contribution is 0.104. The van der Waals surface area contributed by atoms with Crippen LogP contribution in [0.15, 0.2) is 48.7 Å². The van der Waals surface area contributed by atoms with Crippen LogP contribution in [0.4, 0.5) is 0 Å². The standard InChI is InChI=1S/C17H15NO2/c1-11-3-8-14-15(10-18-16(14)9-11)17(19)12-4-6-13(20-2)7-5-12/h3-10,18H,1-2H3. The number of ketones is 1. The zero-order chi connectivity index (χ0) is 14.1. The van der Waals surface area contributed by atoms with Gasteiger partial charge in [0.25, 0.3) is 0 Å². The summed E-state index contributed by atoms with van der Waals surface area (Å²) in [5.41, 5.74) is 3.52. The van der Waals surface area contributed by atoms with Crippen molar-refractivity contribution in [2.75, 3.05) is 7.11 Å². The topological polar surface area (TPSA) is 42.1 Å². The summed E-state index contributed by atoms with van der Waals surface area (Å²) in [6, 6.07) is 13.2. The van der Waals surface area contributed by atoms with Crippen molar-refractivity contribution < 1.29 is 9.53 Å². The third-order valence-electron chi connectivity index (χ3n) is 3.43. The van der Waals surface area contributed by atoms with Gasteiger partial charge in [-0.1, -0.05) is 12.1 Å². The molecule has 1 heterocycles. The smallest absolute Gasteiger partial charge is 0.195 e. The molecule has 0 unspecified atom stereocenters. The Morgan fingerprint density at radius 3 is 2.55 bits per heavy atom. The molecule has 3 rings (SSSR count). The molecule has 0 fully saturated rings. The third-order valence-corrected chi connectivity index (χ3v) is 3.43. The van der Waals surface area contributed by atoms with Crippen molar-refractivity contribution in [1.82, 2.24) is 4.98 Å². The molecule has 0 saturated heterocycles. The van der Waals surface area contributed by atoms with Crippen LogP contribution in [0.3, 0.4) is 0 Å².